The first-order valence-corrected chi connectivity index (χ1v) is 8.73. The molecule has 0 saturated carbocycles. The van der Waals surface area contributed by atoms with E-state index in [0.29, 0.717) is 12.5 Å². The van der Waals surface area contributed by atoms with Crippen LogP contribution in [0.2, 0.25) is 0 Å². The first kappa shape index (κ1) is 18.8. The highest BCUT2D eigenvalue weighted by Gasteiger charge is 2.38. The Balaban J connectivity index is 2.14. The molecule has 24 heavy (non-hydrogen) atoms. The minimum absolute atomic E-state index is 0.293. The van der Waals surface area contributed by atoms with Gasteiger partial charge in [0.1, 0.15) is 6.04 Å². The van der Waals surface area contributed by atoms with Gasteiger partial charge in [0.05, 0.1) is 6.10 Å². The van der Waals surface area contributed by atoms with Crippen molar-refractivity contribution >= 4 is 5.91 Å². The SMILES string of the molecule is CC(O)C(N)C(=O)NC1(Cc2ccccn2)CCN(C(C)C)CC1. The van der Waals surface area contributed by atoms with Gasteiger partial charge in [0.15, 0.2) is 0 Å². The molecule has 6 nitrogen and oxygen atoms in total. The van der Waals surface area contributed by atoms with Crippen LogP contribution in [0.4, 0.5) is 0 Å². The zero-order valence-corrected chi connectivity index (χ0v) is 14.9. The van der Waals surface area contributed by atoms with Crippen molar-refractivity contribution in [3.63, 3.8) is 0 Å². The number of pyridine rings is 1. The van der Waals surface area contributed by atoms with E-state index in [1.165, 1.54) is 6.92 Å². The Bertz CT molecular complexity index is 525. The Kier molecular flexibility index (Phi) is 6.32. The largest absolute Gasteiger partial charge is 0.391 e. The summed E-state index contributed by atoms with van der Waals surface area (Å²) in [4.78, 5) is 19.3. The number of nitrogens with two attached hydrogens (primary N) is 1. The summed E-state index contributed by atoms with van der Waals surface area (Å²) in [5.74, 6) is -0.293. The van der Waals surface area contributed by atoms with Crippen LogP contribution in [0.15, 0.2) is 24.4 Å². The summed E-state index contributed by atoms with van der Waals surface area (Å²) in [5.41, 5.74) is 6.42. The number of nitrogens with zero attached hydrogens (tertiary/aromatic N) is 2. The van der Waals surface area contributed by atoms with Gasteiger partial charge in [0.25, 0.3) is 0 Å². The zero-order chi connectivity index (χ0) is 17.7. The average molecular weight is 334 g/mol. The topological polar surface area (TPSA) is 91.5 Å². The molecular weight excluding hydrogens is 304 g/mol. The summed E-state index contributed by atoms with van der Waals surface area (Å²) < 4.78 is 0. The highest BCUT2D eigenvalue weighted by atomic mass is 16.3. The van der Waals surface area contributed by atoms with Crippen LogP contribution < -0.4 is 11.1 Å². The molecule has 134 valence electrons. The van der Waals surface area contributed by atoms with Crippen molar-refractivity contribution in [2.45, 2.75) is 63.8 Å². The molecule has 2 heterocycles. The van der Waals surface area contributed by atoms with E-state index in [1.807, 2.05) is 18.2 Å². The van der Waals surface area contributed by atoms with Gasteiger partial charge in [-0.1, -0.05) is 6.07 Å². The first-order valence-electron chi connectivity index (χ1n) is 8.73. The van der Waals surface area contributed by atoms with E-state index >= 15 is 0 Å². The molecule has 1 aromatic heterocycles. The Morgan fingerprint density at radius 2 is 2.04 bits per heavy atom. The summed E-state index contributed by atoms with van der Waals surface area (Å²) in [7, 11) is 0. The van der Waals surface area contributed by atoms with Gasteiger partial charge in [-0.05, 0) is 45.7 Å². The van der Waals surface area contributed by atoms with Crippen LogP contribution in [-0.2, 0) is 11.2 Å². The van der Waals surface area contributed by atoms with Gasteiger partial charge in [0.2, 0.25) is 5.91 Å². The number of likely N-dealkylation sites (tertiary alicyclic amines) is 1. The number of hydrogen-bond donors (Lipinski definition) is 3. The highest BCUT2D eigenvalue weighted by molar-refractivity contribution is 5.82. The molecule has 1 aromatic rings. The van der Waals surface area contributed by atoms with Crippen LogP contribution in [0, 0.1) is 0 Å². The number of aliphatic hydroxyl groups is 1. The molecule has 1 aliphatic heterocycles. The van der Waals surface area contributed by atoms with Crippen LogP contribution in [0.3, 0.4) is 0 Å². The second-order valence-corrected chi connectivity index (χ2v) is 7.16. The lowest BCUT2D eigenvalue weighted by atomic mass is 9.82. The molecule has 1 aliphatic rings. The maximum absolute atomic E-state index is 12.4. The van der Waals surface area contributed by atoms with Crippen LogP contribution >= 0.6 is 0 Å². The summed E-state index contributed by atoms with van der Waals surface area (Å²) in [6.45, 7) is 7.77. The summed E-state index contributed by atoms with van der Waals surface area (Å²) >= 11 is 0. The molecule has 1 fully saturated rings. The molecule has 2 unspecified atom stereocenters. The zero-order valence-electron chi connectivity index (χ0n) is 14.9. The quantitative estimate of drug-likeness (QED) is 0.712. The van der Waals surface area contributed by atoms with Gasteiger partial charge >= 0.3 is 0 Å². The van der Waals surface area contributed by atoms with Gasteiger partial charge in [0, 0.05) is 43.0 Å². The second kappa shape index (κ2) is 8.05. The van der Waals surface area contributed by atoms with Crippen molar-refractivity contribution in [3.8, 4) is 0 Å². The summed E-state index contributed by atoms with van der Waals surface area (Å²) in [6, 6.07) is 5.42. The number of piperidine rings is 1. The molecule has 1 saturated heterocycles. The molecule has 4 N–H and O–H groups in total. The Hall–Kier alpha value is -1.50. The fourth-order valence-corrected chi connectivity index (χ4v) is 3.23. The third-order valence-corrected chi connectivity index (χ3v) is 4.94. The van der Waals surface area contributed by atoms with Gasteiger partial charge in [-0.25, -0.2) is 0 Å². The number of aliphatic hydroxyl groups excluding tert-OH is 1. The number of carbonyl (C=O) groups is 1. The monoisotopic (exact) mass is 334 g/mol. The minimum Gasteiger partial charge on any atom is -0.391 e. The average Bonchev–Trinajstić information content (AvgIpc) is 2.55. The summed E-state index contributed by atoms with van der Waals surface area (Å²) in [5, 5.41) is 12.7. The first-order chi connectivity index (χ1) is 11.3. The van der Waals surface area contributed by atoms with E-state index in [9.17, 15) is 9.90 Å². The lowest BCUT2D eigenvalue weighted by Gasteiger charge is -2.44. The predicted molar refractivity (Wildman–Crippen MR) is 94.4 cm³/mol. The normalized spacial score (nSPS) is 20.6. The lowest BCUT2D eigenvalue weighted by molar-refractivity contribution is -0.127. The number of nitrogens with one attached hydrogen (secondary N) is 1. The number of amides is 1. The molecule has 6 heteroatoms. The Labute approximate surface area is 144 Å². The predicted octanol–water partition coefficient (Wildman–Crippen LogP) is 0.691. The van der Waals surface area contributed by atoms with Crippen LogP contribution in [0.25, 0.3) is 0 Å². The molecule has 1 amide bonds. The van der Waals surface area contributed by atoms with Crippen molar-refractivity contribution in [2.75, 3.05) is 13.1 Å². The van der Waals surface area contributed by atoms with Crippen LogP contribution in [0.1, 0.15) is 39.3 Å². The van der Waals surface area contributed by atoms with E-state index in [-0.39, 0.29) is 11.4 Å². The van der Waals surface area contributed by atoms with Crippen LogP contribution in [-0.4, -0.2) is 57.7 Å². The van der Waals surface area contributed by atoms with E-state index in [1.54, 1.807) is 6.20 Å². The van der Waals surface area contributed by atoms with Gasteiger partial charge in [-0.3, -0.25) is 9.78 Å². The van der Waals surface area contributed by atoms with Crippen molar-refractivity contribution in [3.05, 3.63) is 30.1 Å². The lowest BCUT2D eigenvalue weighted by Crippen LogP contribution is -2.61. The molecule has 2 atom stereocenters. The molecule has 0 spiro atoms. The molecule has 2 rings (SSSR count). The number of aromatic nitrogens is 1. The van der Waals surface area contributed by atoms with Crippen molar-refractivity contribution in [1.82, 2.24) is 15.2 Å². The molecule has 0 radical (unpaired) electrons. The second-order valence-electron chi connectivity index (χ2n) is 7.16. The van der Waals surface area contributed by atoms with Gasteiger partial charge < -0.3 is 21.1 Å². The third-order valence-electron chi connectivity index (χ3n) is 4.94. The van der Waals surface area contributed by atoms with E-state index < -0.39 is 12.1 Å². The highest BCUT2D eigenvalue weighted by Crippen LogP contribution is 2.27. The minimum atomic E-state index is -0.909. The van der Waals surface area contributed by atoms with E-state index in [2.05, 4.69) is 29.0 Å². The number of carbonyl (C=O) groups excluding carboxylic acids is 1. The van der Waals surface area contributed by atoms with Crippen molar-refractivity contribution in [1.29, 1.82) is 0 Å². The number of hydrogen-bond acceptors (Lipinski definition) is 5. The maximum atomic E-state index is 12.4. The molecule has 0 bridgehead atoms. The van der Waals surface area contributed by atoms with Crippen molar-refractivity contribution in [2.24, 2.45) is 5.73 Å². The third kappa shape index (κ3) is 4.75. The number of rotatable bonds is 6. The molecular formula is C18H30N4O2. The Morgan fingerprint density at radius 1 is 1.38 bits per heavy atom. The molecule has 0 aromatic carbocycles. The van der Waals surface area contributed by atoms with Crippen LogP contribution in [0.5, 0.6) is 0 Å². The standard InChI is InChI=1S/C18H30N4O2/c1-13(2)22-10-7-18(8-11-22,12-15-6-4-5-9-20-15)21-17(24)16(19)14(3)23/h4-6,9,13-14,16,23H,7-8,10-12,19H2,1-3H3,(H,21,24). The summed E-state index contributed by atoms with van der Waals surface area (Å²) in [6.07, 6.45) is 3.28. The van der Waals surface area contributed by atoms with Crippen molar-refractivity contribution < 1.29 is 9.90 Å². The van der Waals surface area contributed by atoms with E-state index in [0.717, 1.165) is 31.6 Å². The fourth-order valence-electron chi connectivity index (χ4n) is 3.23. The van der Waals surface area contributed by atoms with Gasteiger partial charge in [-0.2, -0.15) is 0 Å². The smallest absolute Gasteiger partial charge is 0.240 e. The molecule has 0 aliphatic carbocycles. The van der Waals surface area contributed by atoms with Gasteiger partial charge in [-0.15, -0.1) is 0 Å². The Morgan fingerprint density at radius 3 is 2.54 bits per heavy atom. The fraction of sp³-hybridized carbons (Fsp3) is 0.667. The van der Waals surface area contributed by atoms with E-state index in [4.69, 9.17) is 5.73 Å². The maximum Gasteiger partial charge on any atom is 0.240 e.